The van der Waals surface area contributed by atoms with Gasteiger partial charge in [0.1, 0.15) is 0 Å². The molecule has 0 bridgehead atoms. The minimum atomic E-state index is -1.00. The van der Waals surface area contributed by atoms with Gasteiger partial charge in [0, 0.05) is 5.41 Å². The molecule has 2 N–H and O–H groups in total. The normalized spacial score (nSPS) is 11.3. The molecular weight excluding hydrogens is 202 g/mol. The highest BCUT2D eigenvalue weighted by atomic mass is 16.6. The van der Waals surface area contributed by atoms with E-state index >= 15 is 0 Å². The summed E-state index contributed by atoms with van der Waals surface area (Å²) in [5.41, 5.74) is -0.517. The number of hydrogen-bond acceptors (Lipinski definition) is 4. The number of rotatable bonds is 4. The average Bonchev–Trinajstić information content (AvgIpc) is 2.48. The van der Waals surface area contributed by atoms with Crippen LogP contribution in [0.3, 0.4) is 0 Å². The number of carboxylic acid groups (broad SMARTS) is 1. The van der Waals surface area contributed by atoms with E-state index in [1.54, 1.807) is 13.8 Å². The number of hydrogen-bond donors (Lipinski definition) is 2. The molecule has 1 heterocycles. The summed E-state index contributed by atoms with van der Waals surface area (Å²) in [6.45, 7) is 3.25. The van der Waals surface area contributed by atoms with Crippen LogP contribution in [0.1, 0.15) is 25.8 Å². The third-order valence-corrected chi connectivity index (χ3v) is 2.12. The van der Waals surface area contributed by atoms with E-state index in [4.69, 9.17) is 5.11 Å². The van der Waals surface area contributed by atoms with Crippen LogP contribution in [0.2, 0.25) is 0 Å². The van der Waals surface area contributed by atoms with Gasteiger partial charge in [-0.05, 0) is 4.92 Å². The lowest BCUT2D eigenvalue weighted by molar-refractivity contribution is -0.390. The molecule has 7 nitrogen and oxygen atoms in total. The number of nitro groups is 1. The molecule has 0 fully saturated rings. The van der Waals surface area contributed by atoms with E-state index in [1.807, 2.05) is 0 Å². The third-order valence-electron chi connectivity index (χ3n) is 2.12. The first-order valence-electron chi connectivity index (χ1n) is 4.24. The van der Waals surface area contributed by atoms with Gasteiger partial charge in [-0.25, -0.2) is 0 Å². The molecule has 0 aliphatic heterocycles. The quantitative estimate of drug-likeness (QED) is 0.574. The number of aromatic nitrogens is 2. The summed E-state index contributed by atoms with van der Waals surface area (Å²) < 4.78 is 0. The smallest absolute Gasteiger partial charge is 0.346 e. The van der Waals surface area contributed by atoms with Gasteiger partial charge in [-0.15, -0.1) is 5.10 Å². The molecule has 0 radical (unpaired) electrons. The molecule has 0 spiro atoms. The van der Waals surface area contributed by atoms with E-state index < -0.39 is 16.3 Å². The minimum absolute atomic E-state index is 0.187. The summed E-state index contributed by atoms with van der Waals surface area (Å²) >= 11 is 0. The van der Waals surface area contributed by atoms with Crippen molar-refractivity contribution < 1.29 is 14.8 Å². The first-order valence-corrected chi connectivity index (χ1v) is 4.24. The predicted molar refractivity (Wildman–Crippen MR) is 50.5 cm³/mol. The van der Waals surface area contributed by atoms with Crippen LogP contribution in [-0.4, -0.2) is 26.2 Å². The van der Waals surface area contributed by atoms with Crippen LogP contribution in [-0.2, 0) is 10.2 Å². The fourth-order valence-electron chi connectivity index (χ4n) is 1.39. The molecule has 0 unspecified atom stereocenters. The summed E-state index contributed by atoms with van der Waals surface area (Å²) in [6.07, 6.45) is 1.11. The van der Waals surface area contributed by atoms with Gasteiger partial charge in [0.2, 0.25) is 0 Å². The zero-order chi connectivity index (χ0) is 11.6. The van der Waals surface area contributed by atoms with Crippen LogP contribution in [0.4, 0.5) is 5.82 Å². The molecular formula is C8H11N3O4. The lowest BCUT2D eigenvalue weighted by atomic mass is 9.83. The van der Waals surface area contributed by atoms with E-state index in [2.05, 4.69) is 10.2 Å². The van der Waals surface area contributed by atoms with Crippen LogP contribution in [0.25, 0.3) is 0 Å². The van der Waals surface area contributed by atoms with Crippen molar-refractivity contribution >= 4 is 11.8 Å². The van der Waals surface area contributed by atoms with Gasteiger partial charge >= 0.3 is 11.8 Å². The molecule has 0 saturated carbocycles. The Morgan fingerprint density at radius 1 is 1.73 bits per heavy atom. The molecule has 1 rings (SSSR count). The molecule has 0 aromatic carbocycles. The SMILES string of the molecule is CC(C)(CC(=O)O)c1cn[nH]c1[N+](=O)[O-]. The highest BCUT2D eigenvalue weighted by molar-refractivity contribution is 5.69. The maximum atomic E-state index is 10.6. The Hall–Kier alpha value is -1.92. The molecule has 0 saturated heterocycles. The van der Waals surface area contributed by atoms with Crippen molar-refractivity contribution in [1.82, 2.24) is 10.2 Å². The topological polar surface area (TPSA) is 109 Å². The van der Waals surface area contributed by atoms with E-state index in [9.17, 15) is 14.9 Å². The number of H-pyrrole nitrogens is 1. The summed E-state index contributed by atoms with van der Waals surface area (Å²) in [6, 6.07) is 0. The van der Waals surface area contributed by atoms with Gasteiger partial charge in [-0.2, -0.15) is 0 Å². The molecule has 1 aromatic heterocycles. The zero-order valence-electron chi connectivity index (χ0n) is 8.35. The summed E-state index contributed by atoms with van der Waals surface area (Å²) in [7, 11) is 0. The number of carboxylic acids is 1. The van der Waals surface area contributed by atoms with Gasteiger partial charge in [0.15, 0.2) is 0 Å². The Kier molecular flexibility index (Phi) is 2.74. The zero-order valence-corrected chi connectivity index (χ0v) is 8.35. The van der Waals surface area contributed by atoms with E-state index in [-0.39, 0.29) is 12.2 Å². The predicted octanol–water partition coefficient (Wildman–Crippen LogP) is 1.07. The van der Waals surface area contributed by atoms with Crippen molar-refractivity contribution in [3.8, 4) is 0 Å². The number of nitrogens with zero attached hydrogens (tertiary/aromatic N) is 2. The van der Waals surface area contributed by atoms with Crippen LogP contribution >= 0.6 is 0 Å². The molecule has 0 atom stereocenters. The van der Waals surface area contributed by atoms with Crippen molar-refractivity contribution in [1.29, 1.82) is 0 Å². The van der Waals surface area contributed by atoms with Gasteiger partial charge in [0.05, 0.1) is 18.2 Å². The third kappa shape index (κ3) is 2.30. The van der Waals surface area contributed by atoms with E-state index in [0.717, 1.165) is 0 Å². The fraction of sp³-hybridized carbons (Fsp3) is 0.500. The monoisotopic (exact) mass is 213 g/mol. The van der Waals surface area contributed by atoms with E-state index in [1.165, 1.54) is 6.20 Å². The highest BCUT2D eigenvalue weighted by Crippen LogP contribution is 2.32. The van der Waals surface area contributed by atoms with Crippen molar-refractivity contribution in [2.45, 2.75) is 25.7 Å². The molecule has 82 valence electrons. The Labute approximate surface area is 85.3 Å². The fourth-order valence-corrected chi connectivity index (χ4v) is 1.39. The van der Waals surface area contributed by atoms with Crippen LogP contribution < -0.4 is 0 Å². The van der Waals surface area contributed by atoms with Crippen molar-refractivity contribution in [3.63, 3.8) is 0 Å². The molecule has 0 aliphatic carbocycles. The van der Waals surface area contributed by atoms with Gasteiger partial charge in [0.25, 0.3) is 0 Å². The van der Waals surface area contributed by atoms with Crippen LogP contribution in [0, 0.1) is 10.1 Å². The second-order valence-corrected chi connectivity index (χ2v) is 3.84. The molecule has 0 amide bonds. The van der Waals surface area contributed by atoms with Gasteiger partial charge in [-0.3, -0.25) is 4.79 Å². The number of carbonyl (C=O) groups is 1. The Bertz CT molecular complexity index is 396. The van der Waals surface area contributed by atoms with Gasteiger partial charge in [-0.1, -0.05) is 18.9 Å². The Balaban J connectivity index is 3.09. The van der Waals surface area contributed by atoms with Crippen molar-refractivity contribution in [3.05, 3.63) is 21.9 Å². The lowest BCUT2D eigenvalue weighted by Gasteiger charge is -2.19. The highest BCUT2D eigenvalue weighted by Gasteiger charge is 2.32. The second-order valence-electron chi connectivity index (χ2n) is 3.84. The van der Waals surface area contributed by atoms with Gasteiger partial charge < -0.3 is 15.2 Å². The summed E-state index contributed by atoms with van der Waals surface area (Å²) in [5.74, 6) is -1.25. The van der Waals surface area contributed by atoms with E-state index in [0.29, 0.717) is 5.56 Å². The minimum Gasteiger partial charge on any atom is -0.481 e. The summed E-state index contributed by atoms with van der Waals surface area (Å²) in [5, 5.41) is 25.1. The molecule has 0 aliphatic rings. The van der Waals surface area contributed by atoms with Crippen molar-refractivity contribution in [2.24, 2.45) is 0 Å². The molecule has 1 aromatic rings. The maximum Gasteiger partial charge on any atom is 0.346 e. The Morgan fingerprint density at radius 3 is 2.80 bits per heavy atom. The number of nitrogens with one attached hydrogen (secondary N) is 1. The second kappa shape index (κ2) is 3.68. The van der Waals surface area contributed by atoms with Crippen molar-refractivity contribution in [2.75, 3.05) is 0 Å². The maximum absolute atomic E-state index is 10.6. The Morgan fingerprint density at radius 2 is 2.33 bits per heavy atom. The standard InChI is InChI=1S/C8H11N3O4/c1-8(2,3-6(12)13)5-4-9-10-7(5)11(14)15/h4H,3H2,1-2H3,(H,9,10)(H,12,13). The number of aromatic amines is 1. The summed E-state index contributed by atoms with van der Waals surface area (Å²) in [4.78, 5) is 20.6. The van der Waals surface area contributed by atoms with Crippen LogP contribution in [0.15, 0.2) is 6.20 Å². The lowest BCUT2D eigenvalue weighted by Crippen LogP contribution is -2.22. The first kappa shape index (κ1) is 11.2. The molecule has 7 heteroatoms. The first-order chi connectivity index (χ1) is 6.84. The molecule has 15 heavy (non-hydrogen) atoms. The van der Waals surface area contributed by atoms with Crippen LogP contribution in [0.5, 0.6) is 0 Å². The number of aliphatic carboxylic acids is 1. The largest absolute Gasteiger partial charge is 0.481 e. The average molecular weight is 213 g/mol.